The smallest absolute Gasteiger partial charge is 0.330 e. The highest BCUT2D eigenvalue weighted by molar-refractivity contribution is 6.22. The molecule has 0 radical (unpaired) electrons. The first kappa shape index (κ1) is 18.3. The number of fused-ring (bicyclic) bond motifs is 1. The standard InChI is InChI=1S/C19H25N4O.Al.2H/c1-3-14-6-8-15(9-7-14)18-16(12-21-2)23-11-5-4-10-22(19(20)24)13-17(18)23;;;/h6-9,16-18,21H,4-5,10-13H2,2H3,(H2,20,24);;;/t16-,17+,18+;;;/m1.../s1. The first-order valence-corrected chi connectivity index (χ1v) is 10.1. The maximum absolute atomic E-state index is 11.8. The molecule has 0 unspecified atom stereocenters. The van der Waals surface area contributed by atoms with Gasteiger partial charge in [0.1, 0.15) is 0 Å². The second kappa shape index (κ2) is 8.25. The molecule has 2 heterocycles. The Hall–Kier alpha value is -1.50. The van der Waals surface area contributed by atoms with Gasteiger partial charge < -0.3 is 16.0 Å². The summed E-state index contributed by atoms with van der Waals surface area (Å²) in [6, 6.07) is 9.18. The van der Waals surface area contributed by atoms with E-state index in [1.807, 2.05) is 11.9 Å². The Morgan fingerprint density at radius 3 is 2.68 bits per heavy atom. The number of hydrogen-bond acceptors (Lipinski definition) is 3. The number of hydrogen-bond donors (Lipinski definition) is 2. The van der Waals surface area contributed by atoms with E-state index in [4.69, 9.17) is 5.73 Å². The lowest BCUT2D eigenvalue weighted by atomic mass is 9.74. The second-order valence-corrected chi connectivity index (χ2v) is 7.44. The van der Waals surface area contributed by atoms with E-state index >= 15 is 0 Å². The summed E-state index contributed by atoms with van der Waals surface area (Å²) >= 11 is 0.899. The summed E-state index contributed by atoms with van der Waals surface area (Å²) in [5.74, 6) is 3.58. The molecule has 6 heteroatoms. The van der Waals surface area contributed by atoms with Crippen LogP contribution in [0.2, 0.25) is 0 Å². The monoisotopic (exact) mass is 354 g/mol. The topological polar surface area (TPSA) is 61.6 Å². The van der Waals surface area contributed by atoms with E-state index in [2.05, 4.69) is 45.2 Å². The van der Waals surface area contributed by atoms with Crippen LogP contribution in [0.3, 0.4) is 0 Å². The van der Waals surface area contributed by atoms with Crippen molar-refractivity contribution in [3.8, 4) is 10.7 Å². The van der Waals surface area contributed by atoms with Gasteiger partial charge in [0.05, 0.1) is 0 Å². The van der Waals surface area contributed by atoms with Crippen molar-refractivity contribution in [2.24, 2.45) is 5.73 Å². The number of nitrogens with two attached hydrogens (primary N) is 1. The quantitative estimate of drug-likeness (QED) is 0.600. The van der Waals surface area contributed by atoms with E-state index in [1.54, 1.807) is 0 Å². The molecule has 0 aromatic heterocycles. The van der Waals surface area contributed by atoms with E-state index in [0.717, 1.165) is 60.9 Å². The number of carbonyl (C=O) groups excluding carboxylic acids is 1. The van der Waals surface area contributed by atoms with Crippen molar-refractivity contribution in [1.82, 2.24) is 15.1 Å². The zero-order valence-corrected chi connectivity index (χ0v) is 17.2. The van der Waals surface area contributed by atoms with E-state index in [9.17, 15) is 4.79 Å². The highest BCUT2D eigenvalue weighted by Crippen LogP contribution is 2.41. The Morgan fingerprint density at radius 1 is 1.32 bits per heavy atom. The van der Waals surface area contributed by atoms with Crippen LogP contribution in [-0.4, -0.2) is 77.4 Å². The SMILES string of the molecule is CNC[C@@H]1[C@H](c2ccc(C#[C][AlH2])cc2)[C@@H]2CN(C(N)=O)CCCCN12. The number of amides is 2. The van der Waals surface area contributed by atoms with E-state index in [0.29, 0.717) is 18.0 Å². The predicted molar refractivity (Wildman–Crippen MR) is 103 cm³/mol. The molecule has 3 atom stereocenters. The van der Waals surface area contributed by atoms with E-state index < -0.39 is 0 Å². The Labute approximate surface area is 158 Å². The third kappa shape index (κ3) is 3.86. The van der Waals surface area contributed by atoms with Crippen LogP contribution in [0.4, 0.5) is 4.79 Å². The molecule has 2 fully saturated rings. The van der Waals surface area contributed by atoms with E-state index in [1.165, 1.54) is 5.56 Å². The minimum Gasteiger partial charge on any atom is -0.351 e. The van der Waals surface area contributed by atoms with Crippen LogP contribution in [0.5, 0.6) is 0 Å². The second-order valence-electron chi connectivity index (χ2n) is 6.94. The highest BCUT2D eigenvalue weighted by Gasteiger charge is 2.49. The van der Waals surface area contributed by atoms with Gasteiger partial charge in [-0.25, -0.2) is 9.58 Å². The molecule has 3 N–H and O–H groups in total. The lowest BCUT2D eigenvalue weighted by molar-refractivity contribution is -0.0338. The molecule has 2 amide bonds. The Bertz CT molecular complexity index is 666. The van der Waals surface area contributed by atoms with Gasteiger partial charge in [0.25, 0.3) is 0 Å². The molecule has 0 bridgehead atoms. The summed E-state index contributed by atoms with van der Waals surface area (Å²) < 4.78 is 0. The predicted octanol–water partition coefficient (Wildman–Crippen LogP) is 0.159. The highest BCUT2D eigenvalue weighted by atomic mass is 27.0. The summed E-state index contributed by atoms with van der Waals surface area (Å²) in [6.07, 6.45) is 2.14. The minimum atomic E-state index is -0.296. The fourth-order valence-corrected chi connectivity index (χ4v) is 4.60. The average molecular weight is 354 g/mol. The summed E-state index contributed by atoms with van der Waals surface area (Å²) in [7, 11) is 2.01. The number of nitrogens with zero attached hydrogens (tertiary/aromatic N) is 2. The summed E-state index contributed by atoms with van der Waals surface area (Å²) in [6.45, 7) is 3.56. The zero-order chi connectivity index (χ0) is 17.8. The first-order chi connectivity index (χ1) is 12.2. The van der Waals surface area contributed by atoms with Crippen LogP contribution in [0.1, 0.15) is 29.9 Å². The van der Waals surface area contributed by atoms with Gasteiger partial charge >= 0.3 is 22.3 Å². The Morgan fingerprint density at radius 2 is 2.04 bits per heavy atom. The Kier molecular flexibility index (Phi) is 6.04. The Balaban J connectivity index is 1.85. The molecule has 5 nitrogen and oxygen atoms in total. The number of nitrogens with one attached hydrogen (secondary N) is 1. The third-order valence-corrected chi connectivity index (χ3v) is 5.72. The molecular weight excluding hydrogens is 327 g/mol. The summed E-state index contributed by atoms with van der Waals surface area (Å²) in [5.41, 5.74) is 8.01. The zero-order valence-electron chi connectivity index (χ0n) is 15.2. The molecule has 2 aliphatic rings. The van der Waals surface area contributed by atoms with Crippen molar-refractivity contribution in [2.45, 2.75) is 30.8 Å². The fourth-order valence-electron chi connectivity index (χ4n) is 4.31. The molecule has 0 saturated carbocycles. The van der Waals surface area contributed by atoms with Gasteiger partial charge in [-0.1, -0.05) is 18.1 Å². The van der Waals surface area contributed by atoms with Gasteiger partial charge in [-0.05, 0) is 44.1 Å². The van der Waals surface area contributed by atoms with Crippen LogP contribution in [0.15, 0.2) is 24.3 Å². The van der Waals surface area contributed by atoms with Crippen LogP contribution < -0.4 is 11.1 Å². The fraction of sp³-hybridized carbons (Fsp3) is 0.526. The summed E-state index contributed by atoms with van der Waals surface area (Å²) in [4.78, 5) is 19.2. The van der Waals surface area contributed by atoms with Gasteiger partial charge in [0.15, 0.2) is 0 Å². The van der Waals surface area contributed by atoms with Gasteiger partial charge in [-0.2, -0.15) is 0 Å². The molecule has 2 aliphatic heterocycles. The van der Waals surface area contributed by atoms with Gasteiger partial charge in [0, 0.05) is 43.2 Å². The van der Waals surface area contributed by atoms with Crippen molar-refractivity contribution < 1.29 is 4.79 Å². The molecule has 2 saturated heterocycles. The van der Waals surface area contributed by atoms with Crippen LogP contribution in [0.25, 0.3) is 0 Å². The van der Waals surface area contributed by atoms with Crippen molar-refractivity contribution in [3.05, 3.63) is 35.4 Å². The summed E-state index contributed by atoms with van der Waals surface area (Å²) in [5, 5.41) is 3.34. The average Bonchev–Trinajstić information content (AvgIpc) is 2.58. The number of urea groups is 1. The normalized spacial score (nSPS) is 26.4. The molecule has 3 rings (SSSR count). The van der Waals surface area contributed by atoms with Crippen molar-refractivity contribution in [2.75, 3.05) is 33.2 Å². The lowest BCUT2D eigenvalue weighted by Gasteiger charge is -2.57. The molecule has 0 spiro atoms. The number of likely N-dealkylation sites (N-methyl/N-ethyl adjacent to an activating group) is 1. The number of rotatable bonds is 3. The molecule has 132 valence electrons. The number of carbonyl (C=O) groups is 1. The maximum Gasteiger partial charge on any atom is 0.330 e. The number of primary amides is 1. The van der Waals surface area contributed by atoms with Crippen molar-refractivity contribution in [3.63, 3.8) is 0 Å². The largest absolute Gasteiger partial charge is 0.351 e. The van der Waals surface area contributed by atoms with Crippen LogP contribution in [-0.2, 0) is 0 Å². The molecule has 25 heavy (non-hydrogen) atoms. The number of benzene rings is 1. The molecule has 0 aliphatic carbocycles. The van der Waals surface area contributed by atoms with Crippen LogP contribution in [0, 0.1) is 10.7 Å². The van der Waals surface area contributed by atoms with Gasteiger partial charge in [-0.3, -0.25) is 4.90 Å². The van der Waals surface area contributed by atoms with Crippen LogP contribution >= 0.6 is 0 Å². The first-order valence-electron chi connectivity index (χ1n) is 9.13. The molecule has 1 aromatic rings. The molecular formula is C19H27AlN4O. The molecule has 1 aromatic carbocycles. The van der Waals surface area contributed by atoms with E-state index in [-0.39, 0.29) is 6.03 Å². The third-order valence-electron chi connectivity index (χ3n) is 5.47. The van der Waals surface area contributed by atoms with Gasteiger partial charge in [0.2, 0.25) is 0 Å². The van der Waals surface area contributed by atoms with Crippen molar-refractivity contribution in [1.29, 1.82) is 0 Å². The van der Waals surface area contributed by atoms with Crippen molar-refractivity contribution >= 4 is 22.3 Å². The lowest BCUT2D eigenvalue weighted by Crippen LogP contribution is -2.69. The van der Waals surface area contributed by atoms with Gasteiger partial charge in [-0.15, -0.1) is 0 Å². The minimum absolute atomic E-state index is 0.296. The maximum atomic E-state index is 11.8.